The van der Waals surface area contributed by atoms with Crippen molar-refractivity contribution in [1.82, 2.24) is 15.2 Å². The number of hydrogen-bond acceptors (Lipinski definition) is 5. The largest absolute Gasteiger partial charge is 0.469 e. The molecule has 2 N–H and O–H groups in total. The summed E-state index contributed by atoms with van der Waals surface area (Å²) in [7, 11) is 1.26. The number of nitrogens with one attached hydrogen (secondary N) is 1. The predicted molar refractivity (Wildman–Crippen MR) is 38.0 cm³/mol. The van der Waals surface area contributed by atoms with Crippen molar-refractivity contribution in [2.45, 2.75) is 12.5 Å². The van der Waals surface area contributed by atoms with Crippen LogP contribution >= 0.6 is 0 Å². The molecule has 0 spiro atoms. The lowest BCUT2D eigenvalue weighted by Gasteiger charge is -2.03. The Morgan fingerprint density at radius 2 is 2.67 bits per heavy atom. The summed E-state index contributed by atoms with van der Waals surface area (Å²) in [5.74, 6) is -0.223. The lowest BCUT2D eigenvalue weighted by atomic mass is 10.2. The molecule has 0 fully saturated rings. The number of H-pyrrole nitrogens is 1. The molecule has 0 aromatic carbocycles. The number of ether oxygens (including phenoxy) is 1. The lowest BCUT2D eigenvalue weighted by molar-refractivity contribution is -0.143. The zero-order valence-electron chi connectivity index (χ0n) is 6.52. The van der Waals surface area contributed by atoms with E-state index in [1.807, 2.05) is 0 Å². The number of carbonyl (C=O) groups is 1. The fourth-order valence-corrected chi connectivity index (χ4v) is 0.713. The van der Waals surface area contributed by atoms with Gasteiger partial charge in [0.05, 0.1) is 13.5 Å². The molecule has 0 saturated carbocycles. The van der Waals surface area contributed by atoms with Crippen LogP contribution in [0.25, 0.3) is 0 Å². The van der Waals surface area contributed by atoms with E-state index in [-0.39, 0.29) is 12.2 Å². The number of aliphatic hydroxyl groups is 1. The van der Waals surface area contributed by atoms with Gasteiger partial charge < -0.3 is 9.84 Å². The highest BCUT2D eigenvalue weighted by atomic mass is 16.5. The third-order valence-electron chi connectivity index (χ3n) is 1.34. The van der Waals surface area contributed by atoms with Crippen molar-refractivity contribution in [2.24, 2.45) is 0 Å². The van der Waals surface area contributed by atoms with Crippen LogP contribution in [0.3, 0.4) is 0 Å². The first kappa shape index (κ1) is 8.66. The molecule has 1 rings (SSSR count). The normalized spacial score (nSPS) is 12.5. The SMILES string of the molecule is COC(=O)C[C@H](O)c1ncn[nH]1. The molecule has 0 aliphatic heterocycles. The van der Waals surface area contributed by atoms with Crippen molar-refractivity contribution >= 4 is 5.97 Å². The molecule has 0 amide bonds. The molecule has 0 radical (unpaired) electrons. The summed E-state index contributed by atoms with van der Waals surface area (Å²) in [5.41, 5.74) is 0. The second-order valence-corrected chi connectivity index (χ2v) is 2.17. The van der Waals surface area contributed by atoms with E-state index >= 15 is 0 Å². The Hall–Kier alpha value is -1.43. The highest BCUT2D eigenvalue weighted by Crippen LogP contribution is 2.10. The number of methoxy groups -OCH3 is 1. The van der Waals surface area contributed by atoms with Crippen molar-refractivity contribution < 1.29 is 14.6 Å². The van der Waals surface area contributed by atoms with Crippen LogP contribution in [0.1, 0.15) is 18.3 Å². The number of hydrogen-bond donors (Lipinski definition) is 2. The number of nitrogens with zero attached hydrogens (tertiary/aromatic N) is 2. The second kappa shape index (κ2) is 3.82. The minimum absolute atomic E-state index is 0.119. The number of esters is 1. The Kier molecular flexibility index (Phi) is 2.76. The van der Waals surface area contributed by atoms with Crippen molar-refractivity contribution in [3.8, 4) is 0 Å². The van der Waals surface area contributed by atoms with E-state index in [1.165, 1.54) is 13.4 Å². The van der Waals surface area contributed by atoms with Gasteiger partial charge in [0.15, 0.2) is 5.82 Å². The average Bonchev–Trinajstić information content (AvgIpc) is 2.56. The van der Waals surface area contributed by atoms with Crippen LogP contribution in [-0.2, 0) is 9.53 Å². The molecule has 6 heteroatoms. The van der Waals surface area contributed by atoms with Crippen LogP contribution in [0.15, 0.2) is 6.33 Å². The van der Waals surface area contributed by atoms with E-state index in [2.05, 4.69) is 19.9 Å². The molecule has 0 saturated heterocycles. The van der Waals surface area contributed by atoms with E-state index in [9.17, 15) is 9.90 Å². The summed E-state index contributed by atoms with van der Waals surface area (Å²) in [6.45, 7) is 0. The summed E-state index contributed by atoms with van der Waals surface area (Å²) < 4.78 is 4.36. The van der Waals surface area contributed by atoms with E-state index < -0.39 is 12.1 Å². The Morgan fingerprint density at radius 1 is 1.92 bits per heavy atom. The lowest BCUT2D eigenvalue weighted by Crippen LogP contribution is -2.09. The van der Waals surface area contributed by atoms with Gasteiger partial charge in [-0.05, 0) is 0 Å². The van der Waals surface area contributed by atoms with Gasteiger partial charge >= 0.3 is 5.97 Å². The van der Waals surface area contributed by atoms with Crippen molar-refractivity contribution in [3.05, 3.63) is 12.2 Å². The number of rotatable bonds is 3. The van der Waals surface area contributed by atoms with E-state index in [0.717, 1.165) is 0 Å². The minimum Gasteiger partial charge on any atom is -0.469 e. The minimum atomic E-state index is -0.972. The molecule has 66 valence electrons. The predicted octanol–water partition coefficient (Wildman–Crippen LogP) is -0.599. The van der Waals surface area contributed by atoms with Crippen LogP contribution in [0, 0.1) is 0 Å². The molecule has 0 aliphatic carbocycles. The molecule has 0 unspecified atom stereocenters. The fraction of sp³-hybridized carbons (Fsp3) is 0.500. The molecule has 12 heavy (non-hydrogen) atoms. The van der Waals surface area contributed by atoms with E-state index in [4.69, 9.17) is 0 Å². The maximum Gasteiger partial charge on any atom is 0.308 e. The number of carbonyl (C=O) groups excluding carboxylic acids is 1. The smallest absolute Gasteiger partial charge is 0.308 e. The summed E-state index contributed by atoms with van der Waals surface area (Å²) in [4.78, 5) is 14.4. The maximum atomic E-state index is 10.7. The van der Waals surface area contributed by atoms with Gasteiger partial charge in [-0.1, -0.05) is 0 Å². The molecule has 1 aromatic rings. The quantitative estimate of drug-likeness (QED) is 0.593. The van der Waals surface area contributed by atoms with Crippen LogP contribution in [-0.4, -0.2) is 33.4 Å². The van der Waals surface area contributed by atoms with Crippen molar-refractivity contribution in [2.75, 3.05) is 7.11 Å². The third kappa shape index (κ3) is 2.03. The first-order valence-corrected chi connectivity index (χ1v) is 3.34. The second-order valence-electron chi connectivity index (χ2n) is 2.17. The Morgan fingerprint density at radius 3 is 3.17 bits per heavy atom. The zero-order valence-corrected chi connectivity index (χ0v) is 6.52. The molecule has 1 heterocycles. The summed E-state index contributed by atoms with van der Waals surface area (Å²) in [6, 6.07) is 0. The molecule has 1 aromatic heterocycles. The number of aliphatic hydroxyl groups excluding tert-OH is 1. The summed E-state index contributed by atoms with van der Waals surface area (Å²) >= 11 is 0. The Labute approximate surface area is 68.6 Å². The van der Waals surface area contributed by atoms with Crippen molar-refractivity contribution in [1.29, 1.82) is 0 Å². The maximum absolute atomic E-state index is 10.7. The van der Waals surface area contributed by atoms with Crippen LogP contribution in [0.4, 0.5) is 0 Å². The highest BCUT2D eigenvalue weighted by Gasteiger charge is 2.15. The van der Waals surface area contributed by atoms with E-state index in [0.29, 0.717) is 0 Å². The van der Waals surface area contributed by atoms with Gasteiger partial charge in [0.1, 0.15) is 12.4 Å². The number of aromatic nitrogens is 3. The summed E-state index contributed by atoms with van der Waals surface area (Å²) in [5, 5.41) is 15.3. The number of aromatic amines is 1. The van der Waals surface area contributed by atoms with Gasteiger partial charge in [-0.2, -0.15) is 5.10 Å². The van der Waals surface area contributed by atoms with Crippen molar-refractivity contribution in [3.63, 3.8) is 0 Å². The van der Waals surface area contributed by atoms with Gasteiger partial charge in [0.2, 0.25) is 0 Å². The van der Waals surface area contributed by atoms with E-state index in [1.54, 1.807) is 0 Å². The molecular weight excluding hydrogens is 162 g/mol. The first-order valence-electron chi connectivity index (χ1n) is 3.34. The Bertz CT molecular complexity index is 247. The van der Waals surface area contributed by atoms with Gasteiger partial charge in [0, 0.05) is 0 Å². The first-order chi connectivity index (χ1) is 5.74. The molecule has 0 bridgehead atoms. The van der Waals surface area contributed by atoms with Gasteiger partial charge in [-0.25, -0.2) is 4.98 Å². The molecule has 6 nitrogen and oxygen atoms in total. The molecule has 1 atom stereocenters. The van der Waals surface area contributed by atoms with Crippen LogP contribution in [0.2, 0.25) is 0 Å². The molecule has 0 aliphatic rings. The van der Waals surface area contributed by atoms with Gasteiger partial charge in [-0.15, -0.1) is 0 Å². The average molecular weight is 171 g/mol. The summed E-state index contributed by atoms with van der Waals surface area (Å²) in [6.07, 6.45) is 0.168. The standard InChI is InChI=1S/C6H9N3O3/c1-12-5(11)2-4(10)6-7-3-8-9-6/h3-4,10H,2H2,1H3,(H,7,8,9)/t4-/m0/s1. The topological polar surface area (TPSA) is 88.1 Å². The van der Waals surface area contributed by atoms with Gasteiger partial charge in [0.25, 0.3) is 0 Å². The Balaban J connectivity index is 2.49. The highest BCUT2D eigenvalue weighted by molar-refractivity contribution is 5.69. The fourth-order valence-electron chi connectivity index (χ4n) is 0.713. The third-order valence-corrected chi connectivity index (χ3v) is 1.34. The van der Waals surface area contributed by atoms with Crippen LogP contribution < -0.4 is 0 Å². The zero-order chi connectivity index (χ0) is 8.97. The van der Waals surface area contributed by atoms with Crippen LogP contribution in [0.5, 0.6) is 0 Å². The molecular formula is C6H9N3O3. The van der Waals surface area contributed by atoms with Gasteiger partial charge in [-0.3, -0.25) is 9.89 Å². The monoisotopic (exact) mass is 171 g/mol.